The molecule has 8 heteroatoms. The summed E-state index contributed by atoms with van der Waals surface area (Å²) in [4.78, 5) is 37.0. The topological polar surface area (TPSA) is 89.4 Å². The van der Waals surface area contributed by atoms with Gasteiger partial charge in [-0.15, -0.1) is 0 Å². The molecule has 1 aromatic heterocycles. The van der Waals surface area contributed by atoms with Crippen LogP contribution < -0.4 is 20.8 Å². The van der Waals surface area contributed by atoms with Crippen molar-refractivity contribution in [1.29, 1.82) is 0 Å². The minimum atomic E-state index is -0.534. The van der Waals surface area contributed by atoms with Crippen molar-refractivity contribution in [2.45, 2.75) is 26.5 Å². The number of nitrogens with zero attached hydrogens (tertiary/aromatic N) is 1. The van der Waals surface area contributed by atoms with E-state index >= 15 is 0 Å². The molecule has 1 aliphatic heterocycles. The highest BCUT2D eigenvalue weighted by Gasteiger charge is 2.24. The zero-order chi connectivity index (χ0) is 20.7. The van der Waals surface area contributed by atoms with Gasteiger partial charge in [-0.1, -0.05) is 11.6 Å². The fourth-order valence-electron chi connectivity index (χ4n) is 3.43. The Kier molecular flexibility index (Phi) is 4.76. The first-order valence-corrected chi connectivity index (χ1v) is 9.42. The fraction of sp³-hybridized carbons (Fsp3) is 0.190. The Hall–Kier alpha value is -3.32. The molecule has 1 aliphatic rings. The Balaban J connectivity index is 1.72. The maximum Gasteiger partial charge on any atom is 0.261 e. The second-order valence-corrected chi connectivity index (χ2v) is 7.34. The van der Waals surface area contributed by atoms with Crippen LogP contribution >= 0.6 is 11.6 Å². The van der Waals surface area contributed by atoms with Crippen LogP contribution in [0, 0.1) is 0 Å². The molecule has 0 saturated carbocycles. The smallest absolute Gasteiger partial charge is 0.261 e. The van der Waals surface area contributed by atoms with Crippen molar-refractivity contribution in [2.24, 2.45) is 0 Å². The van der Waals surface area contributed by atoms with Gasteiger partial charge in [-0.3, -0.25) is 14.4 Å². The molecule has 4 rings (SSSR count). The number of carbonyl (C=O) groups is 2. The molecule has 2 N–H and O–H groups in total. The van der Waals surface area contributed by atoms with Crippen LogP contribution in [0.5, 0.6) is 5.75 Å². The van der Waals surface area contributed by atoms with Crippen LogP contribution in [0.4, 0.5) is 11.4 Å². The lowest BCUT2D eigenvalue weighted by Crippen LogP contribution is -2.30. The molecule has 29 heavy (non-hydrogen) atoms. The van der Waals surface area contributed by atoms with E-state index in [1.165, 1.54) is 6.92 Å². The van der Waals surface area contributed by atoms with E-state index in [0.29, 0.717) is 29.2 Å². The maximum atomic E-state index is 13.0. The Labute approximate surface area is 171 Å². The Morgan fingerprint density at radius 3 is 2.41 bits per heavy atom. The van der Waals surface area contributed by atoms with Gasteiger partial charge in [0.15, 0.2) is 0 Å². The third-order valence-electron chi connectivity index (χ3n) is 4.62. The van der Waals surface area contributed by atoms with Crippen molar-refractivity contribution in [3.8, 4) is 5.75 Å². The van der Waals surface area contributed by atoms with Gasteiger partial charge in [-0.25, -0.2) is 0 Å². The summed E-state index contributed by atoms with van der Waals surface area (Å²) in [6, 6.07) is 9.95. The van der Waals surface area contributed by atoms with Crippen molar-refractivity contribution in [3.05, 3.63) is 63.4 Å². The van der Waals surface area contributed by atoms with Gasteiger partial charge >= 0.3 is 0 Å². The summed E-state index contributed by atoms with van der Waals surface area (Å²) in [7, 11) is 0. The molecule has 0 saturated heterocycles. The quantitative estimate of drug-likeness (QED) is 0.688. The fourth-order valence-corrected chi connectivity index (χ4v) is 3.67. The van der Waals surface area contributed by atoms with Crippen LogP contribution in [-0.4, -0.2) is 22.5 Å². The highest BCUT2D eigenvalue weighted by molar-refractivity contribution is 6.35. The normalized spacial score (nSPS) is 14.9. The predicted molar refractivity (Wildman–Crippen MR) is 112 cm³/mol. The molecule has 0 aliphatic carbocycles. The summed E-state index contributed by atoms with van der Waals surface area (Å²) in [5.41, 5.74) is 1.25. The van der Waals surface area contributed by atoms with Gasteiger partial charge in [-0.05, 0) is 43.3 Å². The molecule has 1 unspecified atom stereocenters. The van der Waals surface area contributed by atoms with Crippen LogP contribution in [0.25, 0.3) is 10.9 Å². The Morgan fingerprint density at radius 2 is 1.76 bits per heavy atom. The molecular weight excluding hydrogens is 394 g/mol. The molecule has 2 amide bonds. The van der Waals surface area contributed by atoms with Crippen LogP contribution in [0.3, 0.4) is 0 Å². The zero-order valence-electron chi connectivity index (χ0n) is 15.8. The number of halogens is 1. The Bertz CT molecular complexity index is 1200. The highest BCUT2D eigenvalue weighted by atomic mass is 35.5. The van der Waals surface area contributed by atoms with Crippen molar-refractivity contribution >= 4 is 45.7 Å². The minimum Gasteiger partial charge on any atom is -0.487 e. The molecule has 0 radical (unpaired) electrons. The average molecular weight is 412 g/mol. The molecule has 2 aromatic carbocycles. The van der Waals surface area contributed by atoms with Crippen LogP contribution in [0.15, 0.2) is 47.4 Å². The van der Waals surface area contributed by atoms with Crippen molar-refractivity contribution in [2.75, 3.05) is 10.6 Å². The molecule has 2 heterocycles. The first-order valence-electron chi connectivity index (χ1n) is 9.05. The Morgan fingerprint density at radius 1 is 1.10 bits per heavy atom. The molecule has 7 nitrogen and oxygen atoms in total. The second-order valence-electron chi connectivity index (χ2n) is 6.93. The molecule has 0 bridgehead atoms. The molecule has 148 valence electrons. The number of nitrogens with one attached hydrogen (secondary N) is 2. The second kappa shape index (κ2) is 7.25. The monoisotopic (exact) mass is 411 g/mol. The summed E-state index contributed by atoms with van der Waals surface area (Å²) in [5.74, 6) is -0.149. The number of hydrogen-bond donors (Lipinski definition) is 2. The summed E-state index contributed by atoms with van der Waals surface area (Å²) in [6.45, 7) is 3.82. The first-order chi connectivity index (χ1) is 13.8. The van der Waals surface area contributed by atoms with Crippen LogP contribution in [0.1, 0.15) is 24.2 Å². The van der Waals surface area contributed by atoms with Crippen molar-refractivity contribution in [3.63, 3.8) is 0 Å². The van der Waals surface area contributed by atoms with Crippen molar-refractivity contribution in [1.82, 2.24) is 4.57 Å². The first kappa shape index (κ1) is 19.0. The van der Waals surface area contributed by atoms with Gasteiger partial charge < -0.3 is 19.9 Å². The number of anilines is 2. The lowest BCUT2D eigenvalue weighted by atomic mass is 10.1. The van der Waals surface area contributed by atoms with E-state index in [1.807, 2.05) is 11.5 Å². The lowest BCUT2D eigenvalue weighted by molar-refractivity contribution is -0.114. The van der Waals surface area contributed by atoms with E-state index in [1.54, 1.807) is 42.6 Å². The summed E-state index contributed by atoms with van der Waals surface area (Å²) in [5, 5.41) is 5.91. The summed E-state index contributed by atoms with van der Waals surface area (Å²) >= 11 is 6.28. The third kappa shape index (κ3) is 3.56. The number of carbonyl (C=O) groups excluding carboxylic acids is 2. The number of hydrogen-bond acceptors (Lipinski definition) is 4. The molecular formula is C21H18ClN3O4. The molecule has 0 spiro atoms. The SMILES string of the molecule is CC(=O)Nc1ccc(NC(=O)c2cn3c4c(ccc(Cl)c4c2=O)OC(C)C3)cc1. The summed E-state index contributed by atoms with van der Waals surface area (Å²) in [6.07, 6.45) is 1.44. The number of aromatic nitrogens is 1. The molecule has 0 fully saturated rings. The lowest BCUT2D eigenvalue weighted by Gasteiger charge is -2.26. The van der Waals surface area contributed by atoms with E-state index in [2.05, 4.69) is 10.6 Å². The average Bonchev–Trinajstić information content (AvgIpc) is 2.66. The number of amides is 2. The van der Waals surface area contributed by atoms with Gasteiger partial charge in [0.25, 0.3) is 5.91 Å². The standard InChI is InChI=1S/C21H18ClN3O4/c1-11-9-25-10-15(20(27)18-16(22)7-8-17(29-11)19(18)25)21(28)24-14-5-3-13(4-6-14)23-12(2)26/h3-8,10-11H,9H2,1-2H3,(H,23,26)(H,24,28). The number of rotatable bonds is 3. The maximum absolute atomic E-state index is 13.0. The van der Waals surface area contributed by atoms with E-state index in [0.717, 1.165) is 0 Å². The third-order valence-corrected chi connectivity index (χ3v) is 4.94. The van der Waals surface area contributed by atoms with Crippen molar-refractivity contribution < 1.29 is 14.3 Å². The molecule has 1 atom stereocenters. The van der Waals surface area contributed by atoms with Gasteiger partial charge in [-0.2, -0.15) is 0 Å². The van der Waals surface area contributed by atoms with Gasteiger partial charge in [0.05, 0.1) is 22.5 Å². The van der Waals surface area contributed by atoms with Crippen LogP contribution in [0.2, 0.25) is 5.02 Å². The van der Waals surface area contributed by atoms with Crippen LogP contribution in [-0.2, 0) is 11.3 Å². The van der Waals surface area contributed by atoms with E-state index in [-0.39, 0.29) is 28.0 Å². The van der Waals surface area contributed by atoms with E-state index < -0.39 is 11.3 Å². The zero-order valence-corrected chi connectivity index (χ0v) is 16.5. The van der Waals surface area contributed by atoms with Gasteiger partial charge in [0.2, 0.25) is 11.3 Å². The number of pyridine rings is 1. The van der Waals surface area contributed by atoms with Gasteiger partial charge in [0.1, 0.15) is 17.4 Å². The summed E-state index contributed by atoms with van der Waals surface area (Å²) < 4.78 is 7.63. The number of ether oxygens (including phenoxy) is 1. The van der Waals surface area contributed by atoms with E-state index in [4.69, 9.17) is 16.3 Å². The molecule has 3 aromatic rings. The van der Waals surface area contributed by atoms with E-state index in [9.17, 15) is 14.4 Å². The number of benzene rings is 2. The largest absolute Gasteiger partial charge is 0.487 e. The van der Waals surface area contributed by atoms with Gasteiger partial charge in [0, 0.05) is 24.5 Å². The minimum absolute atomic E-state index is 0.00316. The highest BCUT2D eigenvalue weighted by Crippen LogP contribution is 2.33. The predicted octanol–water partition coefficient (Wildman–Crippen LogP) is 3.65.